The number of aromatic hydroxyl groups is 1. The van der Waals surface area contributed by atoms with Gasteiger partial charge in [-0.2, -0.15) is 4.99 Å². The molecule has 124 valence electrons. The number of esters is 1. The van der Waals surface area contributed by atoms with Crippen molar-refractivity contribution in [2.24, 2.45) is 15.2 Å². The summed E-state index contributed by atoms with van der Waals surface area (Å²) in [5.74, 6) is -0.813. The second-order valence-electron chi connectivity index (χ2n) is 5.04. The average molecular weight is 346 g/mol. The van der Waals surface area contributed by atoms with Crippen molar-refractivity contribution in [1.82, 2.24) is 4.98 Å². The van der Waals surface area contributed by atoms with Crippen LogP contribution in [0.5, 0.6) is 5.88 Å². The fourth-order valence-corrected chi connectivity index (χ4v) is 3.07. The van der Waals surface area contributed by atoms with Gasteiger partial charge in [0.1, 0.15) is 0 Å². The molecule has 2 heterocycles. The molecule has 0 saturated carbocycles. The van der Waals surface area contributed by atoms with Crippen LogP contribution in [0.2, 0.25) is 0 Å². The maximum atomic E-state index is 11.8. The van der Waals surface area contributed by atoms with Crippen LogP contribution in [-0.4, -0.2) is 39.0 Å². The third kappa shape index (κ3) is 3.46. The minimum absolute atomic E-state index is 0.0960. The Bertz CT molecular complexity index is 858. The van der Waals surface area contributed by atoms with Gasteiger partial charge in [0.15, 0.2) is 5.69 Å². The maximum Gasteiger partial charge on any atom is 0.302 e. The molecule has 1 aromatic heterocycles. The van der Waals surface area contributed by atoms with Crippen molar-refractivity contribution >= 4 is 45.4 Å². The van der Waals surface area contributed by atoms with Gasteiger partial charge in [-0.05, 0) is 6.07 Å². The van der Waals surface area contributed by atoms with Crippen LogP contribution in [0.25, 0.3) is 10.9 Å². The van der Waals surface area contributed by atoms with E-state index in [2.05, 4.69) is 20.2 Å². The normalized spacial score (nSPS) is 17.6. The number of aromatic amines is 1. The van der Waals surface area contributed by atoms with E-state index in [-0.39, 0.29) is 29.5 Å². The Morgan fingerprint density at radius 1 is 1.42 bits per heavy atom. The molecule has 0 radical (unpaired) electrons. The highest BCUT2D eigenvalue weighted by atomic mass is 32.2. The van der Waals surface area contributed by atoms with Crippen LogP contribution in [0.15, 0.2) is 39.5 Å². The standard InChI is InChI=1S/C15H14N4O4S/c1-8(20)23-7-6-11-13(21)17-15(24-11)19-18-12-9-4-2-3-5-10(9)16-14(12)22/h2-5,11,16,22H,6-7H2,1H3. The minimum atomic E-state index is -0.435. The molecule has 1 aliphatic heterocycles. The van der Waals surface area contributed by atoms with Crippen molar-refractivity contribution < 1.29 is 19.4 Å². The second-order valence-corrected chi connectivity index (χ2v) is 6.21. The molecule has 2 aromatic rings. The first-order valence-corrected chi connectivity index (χ1v) is 8.06. The van der Waals surface area contributed by atoms with Gasteiger partial charge in [-0.25, -0.2) is 0 Å². The van der Waals surface area contributed by atoms with E-state index in [0.29, 0.717) is 12.1 Å². The lowest BCUT2D eigenvalue weighted by atomic mass is 10.2. The van der Waals surface area contributed by atoms with Crippen molar-refractivity contribution in [1.29, 1.82) is 0 Å². The highest BCUT2D eigenvalue weighted by Gasteiger charge is 2.28. The minimum Gasteiger partial charge on any atom is -0.493 e. The molecule has 0 saturated heterocycles. The number of nitrogens with zero attached hydrogens (tertiary/aromatic N) is 3. The number of aromatic nitrogens is 1. The summed E-state index contributed by atoms with van der Waals surface area (Å²) in [6.07, 6.45) is 0.365. The summed E-state index contributed by atoms with van der Waals surface area (Å²) in [7, 11) is 0. The molecule has 1 aliphatic rings. The SMILES string of the molecule is CC(=O)OCCC1SC(N=Nc2c(O)[nH]c3ccccc23)=NC1=O. The predicted molar refractivity (Wildman–Crippen MR) is 89.6 cm³/mol. The van der Waals surface area contributed by atoms with E-state index in [0.717, 1.165) is 22.7 Å². The Morgan fingerprint density at radius 3 is 3.00 bits per heavy atom. The molecule has 0 bridgehead atoms. The molecule has 2 N–H and O–H groups in total. The number of hydrogen-bond acceptors (Lipinski definition) is 7. The smallest absolute Gasteiger partial charge is 0.302 e. The van der Waals surface area contributed by atoms with E-state index < -0.39 is 5.25 Å². The van der Waals surface area contributed by atoms with Crippen LogP contribution >= 0.6 is 11.8 Å². The molecule has 1 atom stereocenters. The quantitative estimate of drug-likeness (QED) is 0.652. The highest BCUT2D eigenvalue weighted by molar-refractivity contribution is 8.15. The molecule has 1 unspecified atom stereocenters. The van der Waals surface area contributed by atoms with Crippen LogP contribution in [0.3, 0.4) is 0 Å². The van der Waals surface area contributed by atoms with Gasteiger partial charge in [0.25, 0.3) is 5.91 Å². The lowest BCUT2D eigenvalue weighted by Gasteiger charge is -2.05. The molecule has 0 fully saturated rings. The number of nitrogens with one attached hydrogen (secondary N) is 1. The van der Waals surface area contributed by atoms with Crippen molar-refractivity contribution in [2.45, 2.75) is 18.6 Å². The van der Waals surface area contributed by atoms with E-state index in [1.807, 2.05) is 18.2 Å². The zero-order valence-corrected chi connectivity index (χ0v) is 13.5. The van der Waals surface area contributed by atoms with Crippen LogP contribution in [0.1, 0.15) is 13.3 Å². The van der Waals surface area contributed by atoms with Gasteiger partial charge in [-0.15, -0.1) is 10.2 Å². The molecule has 3 rings (SSSR count). The summed E-state index contributed by atoms with van der Waals surface area (Å²) < 4.78 is 4.82. The Labute approximate surface area is 141 Å². The number of para-hydroxylation sites is 1. The molecule has 9 heteroatoms. The van der Waals surface area contributed by atoms with Crippen molar-refractivity contribution in [3.8, 4) is 5.88 Å². The van der Waals surface area contributed by atoms with Crippen LogP contribution in [0, 0.1) is 0 Å². The fourth-order valence-electron chi connectivity index (χ4n) is 2.22. The second kappa shape index (κ2) is 6.83. The number of amidine groups is 1. The summed E-state index contributed by atoms with van der Waals surface area (Å²) >= 11 is 1.16. The number of fused-ring (bicyclic) bond motifs is 1. The molecular formula is C15H14N4O4S. The van der Waals surface area contributed by atoms with Gasteiger partial charge in [0.2, 0.25) is 11.0 Å². The molecular weight excluding hydrogens is 332 g/mol. The zero-order chi connectivity index (χ0) is 17.1. The number of thioether (sulfide) groups is 1. The van der Waals surface area contributed by atoms with E-state index in [1.165, 1.54) is 6.92 Å². The number of amides is 1. The number of benzene rings is 1. The molecule has 0 aliphatic carbocycles. The maximum absolute atomic E-state index is 11.8. The first-order valence-electron chi connectivity index (χ1n) is 7.18. The summed E-state index contributed by atoms with van der Waals surface area (Å²) in [5.41, 5.74) is 1.03. The first-order chi connectivity index (χ1) is 11.5. The van der Waals surface area contributed by atoms with Gasteiger partial charge < -0.3 is 14.8 Å². The van der Waals surface area contributed by atoms with E-state index in [1.54, 1.807) is 6.07 Å². The Balaban J connectivity index is 1.69. The van der Waals surface area contributed by atoms with Crippen LogP contribution in [0.4, 0.5) is 5.69 Å². The van der Waals surface area contributed by atoms with Crippen molar-refractivity contribution in [2.75, 3.05) is 6.61 Å². The predicted octanol–water partition coefficient (Wildman–Crippen LogP) is 2.91. The largest absolute Gasteiger partial charge is 0.493 e. The number of carbonyl (C=O) groups is 2. The number of ether oxygens (including phenoxy) is 1. The first kappa shape index (κ1) is 16.2. The van der Waals surface area contributed by atoms with E-state index >= 15 is 0 Å². The molecule has 8 nitrogen and oxygen atoms in total. The molecule has 1 aromatic carbocycles. The molecule has 1 amide bonds. The Kier molecular flexibility index (Phi) is 4.61. The van der Waals surface area contributed by atoms with Crippen LogP contribution in [-0.2, 0) is 14.3 Å². The topological polar surface area (TPSA) is 116 Å². The third-order valence-electron chi connectivity index (χ3n) is 3.31. The van der Waals surface area contributed by atoms with E-state index in [4.69, 9.17) is 4.74 Å². The Hall–Kier alpha value is -2.68. The molecule has 24 heavy (non-hydrogen) atoms. The lowest BCUT2D eigenvalue weighted by molar-refractivity contribution is -0.141. The monoisotopic (exact) mass is 346 g/mol. The van der Waals surface area contributed by atoms with Gasteiger partial charge in [-0.1, -0.05) is 30.0 Å². The van der Waals surface area contributed by atoms with Crippen LogP contribution < -0.4 is 0 Å². The number of carbonyl (C=O) groups excluding carboxylic acids is 2. The number of rotatable bonds is 4. The number of hydrogen-bond donors (Lipinski definition) is 2. The van der Waals surface area contributed by atoms with Gasteiger partial charge in [-0.3, -0.25) is 9.59 Å². The van der Waals surface area contributed by atoms with E-state index in [9.17, 15) is 14.7 Å². The summed E-state index contributed by atoms with van der Waals surface area (Å²) in [4.78, 5) is 29.2. The fraction of sp³-hybridized carbons (Fsp3) is 0.267. The number of H-pyrrole nitrogens is 1. The van der Waals surface area contributed by atoms with Crippen molar-refractivity contribution in [3.05, 3.63) is 24.3 Å². The Morgan fingerprint density at radius 2 is 2.21 bits per heavy atom. The average Bonchev–Trinajstić information content (AvgIpc) is 3.04. The summed E-state index contributed by atoms with van der Waals surface area (Å²) in [6, 6.07) is 7.27. The van der Waals surface area contributed by atoms with Gasteiger partial charge >= 0.3 is 5.97 Å². The summed E-state index contributed by atoms with van der Waals surface area (Å²) in [6.45, 7) is 1.47. The molecule has 0 spiro atoms. The highest BCUT2D eigenvalue weighted by Crippen LogP contribution is 2.36. The zero-order valence-electron chi connectivity index (χ0n) is 12.7. The third-order valence-corrected chi connectivity index (χ3v) is 4.42. The number of aliphatic imine (C=N–C) groups is 1. The summed E-state index contributed by atoms with van der Waals surface area (Å²) in [5, 5.41) is 18.4. The van der Waals surface area contributed by atoms with Gasteiger partial charge in [0, 0.05) is 18.7 Å². The lowest BCUT2D eigenvalue weighted by Crippen LogP contribution is -2.14. The van der Waals surface area contributed by atoms with Gasteiger partial charge in [0.05, 0.1) is 17.4 Å². The number of azo groups is 1. The van der Waals surface area contributed by atoms with Crippen molar-refractivity contribution in [3.63, 3.8) is 0 Å².